The molecule has 3 aromatic rings. The molecule has 3 rings (SSSR count). The Labute approximate surface area is 89.8 Å². The van der Waals surface area contributed by atoms with Gasteiger partial charge in [0, 0.05) is 10.9 Å². The summed E-state index contributed by atoms with van der Waals surface area (Å²) in [5, 5.41) is 9.71. The normalized spacial score (nSPS) is 11.0. The van der Waals surface area contributed by atoms with E-state index in [9.17, 15) is 4.79 Å². The Morgan fingerprint density at radius 1 is 1.31 bits per heavy atom. The van der Waals surface area contributed by atoms with Crippen LogP contribution < -0.4 is 0 Å². The van der Waals surface area contributed by atoms with Crippen molar-refractivity contribution in [2.24, 2.45) is 0 Å². The predicted octanol–water partition coefficient (Wildman–Crippen LogP) is 1.81. The van der Waals surface area contributed by atoms with Crippen LogP contribution in [0.25, 0.3) is 21.9 Å². The van der Waals surface area contributed by atoms with Crippen molar-refractivity contribution in [3.05, 3.63) is 36.3 Å². The molecule has 2 N–H and O–H groups in total. The van der Waals surface area contributed by atoms with Gasteiger partial charge in [0.25, 0.3) is 0 Å². The van der Waals surface area contributed by atoms with E-state index in [2.05, 4.69) is 15.0 Å². The minimum absolute atomic E-state index is 0.256. The highest BCUT2D eigenvalue weighted by Gasteiger charge is 2.08. The van der Waals surface area contributed by atoms with Crippen LogP contribution in [-0.4, -0.2) is 26.0 Å². The van der Waals surface area contributed by atoms with Crippen LogP contribution >= 0.6 is 0 Å². The van der Waals surface area contributed by atoms with Crippen molar-refractivity contribution >= 4 is 27.9 Å². The minimum Gasteiger partial charge on any atom is -0.478 e. The van der Waals surface area contributed by atoms with Crippen LogP contribution in [-0.2, 0) is 0 Å². The summed E-state index contributed by atoms with van der Waals surface area (Å²) < 4.78 is 0. The number of carbonyl (C=O) groups is 1. The van der Waals surface area contributed by atoms with Crippen LogP contribution in [0.4, 0.5) is 0 Å². The molecule has 0 spiro atoms. The van der Waals surface area contributed by atoms with E-state index < -0.39 is 5.97 Å². The third-order valence-corrected chi connectivity index (χ3v) is 2.50. The average molecular weight is 213 g/mol. The van der Waals surface area contributed by atoms with Crippen LogP contribution in [0, 0.1) is 0 Å². The van der Waals surface area contributed by atoms with Crippen LogP contribution in [0.3, 0.4) is 0 Å². The summed E-state index contributed by atoms with van der Waals surface area (Å²) in [5.41, 5.74) is 2.67. The number of carboxylic acids is 1. The number of aromatic amines is 1. The van der Waals surface area contributed by atoms with E-state index in [1.165, 1.54) is 6.33 Å². The Morgan fingerprint density at radius 3 is 3.00 bits per heavy atom. The van der Waals surface area contributed by atoms with E-state index in [4.69, 9.17) is 5.11 Å². The molecule has 78 valence electrons. The molecule has 2 heterocycles. The molecule has 0 bridgehead atoms. The van der Waals surface area contributed by atoms with Gasteiger partial charge in [0.05, 0.1) is 22.8 Å². The molecule has 0 unspecified atom stereocenters. The first kappa shape index (κ1) is 8.84. The number of aromatic carboxylic acids is 1. The number of rotatable bonds is 1. The summed E-state index contributed by atoms with van der Waals surface area (Å²) in [7, 11) is 0. The van der Waals surface area contributed by atoms with Crippen LogP contribution in [0.1, 0.15) is 10.4 Å². The lowest BCUT2D eigenvalue weighted by Gasteiger charge is -1.94. The van der Waals surface area contributed by atoms with E-state index in [0.29, 0.717) is 0 Å². The van der Waals surface area contributed by atoms with Gasteiger partial charge >= 0.3 is 5.97 Å². The zero-order valence-corrected chi connectivity index (χ0v) is 8.14. The highest BCUT2D eigenvalue weighted by Crippen LogP contribution is 2.23. The number of benzene rings is 1. The first-order valence-corrected chi connectivity index (χ1v) is 4.70. The molecule has 0 radical (unpaired) electrons. The third kappa shape index (κ3) is 1.15. The van der Waals surface area contributed by atoms with Gasteiger partial charge in [-0.15, -0.1) is 0 Å². The van der Waals surface area contributed by atoms with E-state index in [-0.39, 0.29) is 5.56 Å². The standard InChI is InChI=1S/C11H7N3O2/c15-11(16)6-1-2-8-7(3-6)10-9(14-8)4-12-5-13-10/h1-5,14H,(H,15,16). The molecule has 1 aromatic carbocycles. The Morgan fingerprint density at radius 2 is 2.19 bits per heavy atom. The molecule has 2 aromatic heterocycles. The van der Waals surface area contributed by atoms with E-state index in [1.807, 2.05) is 0 Å². The van der Waals surface area contributed by atoms with Crippen LogP contribution in [0.15, 0.2) is 30.7 Å². The largest absolute Gasteiger partial charge is 0.478 e. The first-order chi connectivity index (χ1) is 7.75. The summed E-state index contributed by atoms with van der Waals surface area (Å²) in [5.74, 6) is -0.940. The lowest BCUT2D eigenvalue weighted by Crippen LogP contribution is -1.94. The molecule has 0 saturated heterocycles. The fourth-order valence-electron chi connectivity index (χ4n) is 1.76. The van der Waals surface area contributed by atoms with Gasteiger partial charge in [0.1, 0.15) is 6.33 Å². The lowest BCUT2D eigenvalue weighted by molar-refractivity contribution is 0.0697. The number of nitrogens with zero attached hydrogens (tertiary/aromatic N) is 2. The molecule has 0 saturated carbocycles. The Hall–Kier alpha value is -2.43. The first-order valence-electron chi connectivity index (χ1n) is 4.70. The van der Waals surface area contributed by atoms with Crippen molar-refractivity contribution < 1.29 is 9.90 Å². The smallest absolute Gasteiger partial charge is 0.335 e. The van der Waals surface area contributed by atoms with Crippen molar-refractivity contribution in [2.45, 2.75) is 0 Å². The zero-order chi connectivity index (χ0) is 11.1. The predicted molar refractivity (Wildman–Crippen MR) is 58.4 cm³/mol. The van der Waals surface area contributed by atoms with E-state index in [0.717, 1.165) is 21.9 Å². The monoisotopic (exact) mass is 213 g/mol. The fourth-order valence-corrected chi connectivity index (χ4v) is 1.76. The molecule has 0 aliphatic carbocycles. The van der Waals surface area contributed by atoms with Gasteiger partial charge in [-0.3, -0.25) is 0 Å². The zero-order valence-electron chi connectivity index (χ0n) is 8.14. The van der Waals surface area contributed by atoms with Gasteiger partial charge < -0.3 is 10.1 Å². The number of fused-ring (bicyclic) bond motifs is 3. The number of carboxylic acid groups (broad SMARTS) is 1. The molecule has 0 atom stereocenters. The quantitative estimate of drug-likeness (QED) is 0.646. The van der Waals surface area contributed by atoms with Crippen LogP contribution in [0.5, 0.6) is 0 Å². The van der Waals surface area contributed by atoms with Crippen molar-refractivity contribution in [3.63, 3.8) is 0 Å². The van der Waals surface area contributed by atoms with Crippen LogP contribution in [0.2, 0.25) is 0 Å². The Balaban J connectivity index is 2.44. The lowest BCUT2D eigenvalue weighted by atomic mass is 10.1. The maximum Gasteiger partial charge on any atom is 0.335 e. The minimum atomic E-state index is -0.940. The molecule has 0 aliphatic rings. The second-order valence-electron chi connectivity index (χ2n) is 3.48. The summed E-state index contributed by atoms with van der Waals surface area (Å²) in [4.78, 5) is 22.0. The van der Waals surface area contributed by atoms with Gasteiger partial charge in [0.15, 0.2) is 0 Å². The van der Waals surface area contributed by atoms with Crippen molar-refractivity contribution in [1.29, 1.82) is 0 Å². The van der Waals surface area contributed by atoms with E-state index in [1.54, 1.807) is 24.4 Å². The number of hydrogen-bond acceptors (Lipinski definition) is 3. The molecule has 0 amide bonds. The summed E-state index contributed by atoms with van der Waals surface area (Å²) in [6, 6.07) is 4.91. The molecule has 5 nitrogen and oxygen atoms in total. The maximum atomic E-state index is 10.9. The highest BCUT2D eigenvalue weighted by molar-refractivity contribution is 6.06. The van der Waals surface area contributed by atoms with Gasteiger partial charge in [-0.2, -0.15) is 0 Å². The third-order valence-electron chi connectivity index (χ3n) is 2.50. The second-order valence-corrected chi connectivity index (χ2v) is 3.48. The molecule has 5 heteroatoms. The second kappa shape index (κ2) is 3.03. The molecule has 16 heavy (non-hydrogen) atoms. The van der Waals surface area contributed by atoms with E-state index >= 15 is 0 Å². The Bertz CT molecular complexity index is 703. The fraction of sp³-hybridized carbons (Fsp3) is 0. The SMILES string of the molecule is O=C(O)c1ccc2[nH]c3cncnc3c2c1. The van der Waals surface area contributed by atoms with Gasteiger partial charge in [-0.1, -0.05) is 0 Å². The summed E-state index contributed by atoms with van der Waals surface area (Å²) >= 11 is 0. The summed E-state index contributed by atoms with van der Waals surface area (Å²) in [6.07, 6.45) is 3.12. The topological polar surface area (TPSA) is 78.9 Å². The number of aromatic nitrogens is 3. The number of hydrogen-bond donors (Lipinski definition) is 2. The Kier molecular flexibility index (Phi) is 1.67. The van der Waals surface area contributed by atoms with Gasteiger partial charge in [-0.25, -0.2) is 14.8 Å². The molecule has 0 fully saturated rings. The summed E-state index contributed by atoms with van der Waals surface area (Å²) in [6.45, 7) is 0. The van der Waals surface area contributed by atoms with Crippen molar-refractivity contribution in [2.75, 3.05) is 0 Å². The highest BCUT2D eigenvalue weighted by atomic mass is 16.4. The average Bonchev–Trinajstić information content (AvgIpc) is 2.66. The molecular weight excluding hydrogens is 206 g/mol. The molecular formula is C11H7N3O2. The van der Waals surface area contributed by atoms with Gasteiger partial charge in [-0.05, 0) is 18.2 Å². The van der Waals surface area contributed by atoms with Gasteiger partial charge in [0.2, 0.25) is 0 Å². The number of nitrogens with one attached hydrogen (secondary N) is 1. The maximum absolute atomic E-state index is 10.9. The van der Waals surface area contributed by atoms with Crippen molar-refractivity contribution in [1.82, 2.24) is 15.0 Å². The van der Waals surface area contributed by atoms with Crippen molar-refractivity contribution in [3.8, 4) is 0 Å². The number of H-pyrrole nitrogens is 1. The molecule has 0 aliphatic heterocycles.